The van der Waals surface area contributed by atoms with E-state index in [0.29, 0.717) is 5.69 Å². The highest BCUT2D eigenvalue weighted by atomic mass is 32.2. The van der Waals surface area contributed by atoms with Crippen LogP contribution in [0.3, 0.4) is 0 Å². The van der Waals surface area contributed by atoms with Crippen molar-refractivity contribution in [2.24, 2.45) is 0 Å². The second-order valence-electron chi connectivity index (χ2n) is 6.74. The lowest BCUT2D eigenvalue weighted by Gasteiger charge is -2.24. The third-order valence-corrected chi connectivity index (χ3v) is 7.88. The minimum Gasteiger partial charge on any atom is -0.497 e. The molecule has 5 nitrogen and oxygen atoms in total. The predicted octanol–water partition coefficient (Wildman–Crippen LogP) is 4.37. The SMILES string of the molecule is COc1ccc([C@@H]2CC(=O)Nc3c(S(=O)(=O)c4cccc(C)c4)csc32)cc1. The monoisotopic (exact) mass is 413 g/mol. The Hall–Kier alpha value is -2.64. The molecule has 1 aliphatic rings. The molecule has 0 unspecified atom stereocenters. The second kappa shape index (κ2) is 7.07. The van der Waals surface area contributed by atoms with Gasteiger partial charge in [-0.2, -0.15) is 0 Å². The average molecular weight is 414 g/mol. The van der Waals surface area contributed by atoms with E-state index in [2.05, 4.69) is 5.32 Å². The Balaban J connectivity index is 1.80. The standard InChI is InChI=1S/C21H19NO4S2/c1-13-4-3-5-16(10-13)28(24,25)18-12-27-21-17(11-19(23)22-20(18)21)14-6-8-15(26-2)9-7-14/h3-10,12,17H,11H2,1-2H3,(H,22,23)/t17-/m0/s1. The Labute approximate surface area is 167 Å². The number of anilines is 1. The maximum absolute atomic E-state index is 13.2. The van der Waals surface area contributed by atoms with Crippen LogP contribution in [0.15, 0.2) is 63.7 Å². The second-order valence-corrected chi connectivity index (χ2v) is 9.57. The van der Waals surface area contributed by atoms with Crippen LogP contribution in [-0.2, 0) is 14.6 Å². The molecule has 2 aromatic carbocycles. The van der Waals surface area contributed by atoms with E-state index in [-0.39, 0.29) is 28.0 Å². The molecule has 0 fully saturated rings. The third-order valence-electron chi connectivity index (χ3n) is 4.86. The highest BCUT2D eigenvalue weighted by Gasteiger charge is 2.34. The van der Waals surface area contributed by atoms with Gasteiger partial charge in [0.05, 0.1) is 17.7 Å². The molecule has 2 heterocycles. The molecule has 28 heavy (non-hydrogen) atoms. The van der Waals surface area contributed by atoms with Gasteiger partial charge in [0.15, 0.2) is 0 Å². The molecule has 0 aliphatic carbocycles. The zero-order chi connectivity index (χ0) is 19.9. The fourth-order valence-electron chi connectivity index (χ4n) is 3.42. The van der Waals surface area contributed by atoms with Crippen molar-refractivity contribution < 1.29 is 17.9 Å². The molecule has 144 valence electrons. The lowest BCUT2D eigenvalue weighted by molar-refractivity contribution is -0.116. The van der Waals surface area contributed by atoms with Gasteiger partial charge >= 0.3 is 0 Å². The molecule has 3 aromatic rings. The zero-order valence-electron chi connectivity index (χ0n) is 15.4. The first-order valence-corrected chi connectivity index (χ1v) is 11.1. The van der Waals surface area contributed by atoms with E-state index in [1.54, 1.807) is 30.7 Å². The number of rotatable bonds is 4. The minimum absolute atomic E-state index is 0.157. The Bertz CT molecular complexity index is 1150. The predicted molar refractivity (Wildman–Crippen MR) is 109 cm³/mol. The van der Waals surface area contributed by atoms with Crippen LogP contribution in [0.1, 0.15) is 28.3 Å². The number of nitrogens with one attached hydrogen (secondary N) is 1. The number of amides is 1. The summed E-state index contributed by atoms with van der Waals surface area (Å²) in [4.78, 5) is 13.6. The van der Waals surface area contributed by atoms with Crippen LogP contribution in [-0.4, -0.2) is 21.4 Å². The van der Waals surface area contributed by atoms with Crippen molar-refractivity contribution in [3.8, 4) is 5.75 Å². The number of thiophene rings is 1. The fourth-order valence-corrected chi connectivity index (χ4v) is 6.43. The van der Waals surface area contributed by atoms with Crippen molar-refractivity contribution in [1.29, 1.82) is 0 Å². The molecule has 1 aliphatic heterocycles. The zero-order valence-corrected chi connectivity index (χ0v) is 17.1. The number of aryl methyl sites for hydroxylation is 1. The maximum atomic E-state index is 13.2. The summed E-state index contributed by atoms with van der Waals surface area (Å²) in [6.07, 6.45) is 0.282. The van der Waals surface area contributed by atoms with Gasteiger partial charge in [0.2, 0.25) is 15.7 Å². The molecule has 1 N–H and O–H groups in total. The lowest BCUT2D eigenvalue weighted by Crippen LogP contribution is -2.23. The van der Waals surface area contributed by atoms with E-state index in [4.69, 9.17) is 4.74 Å². The van der Waals surface area contributed by atoms with Crippen LogP contribution in [0, 0.1) is 6.92 Å². The fraction of sp³-hybridized carbons (Fsp3) is 0.190. The summed E-state index contributed by atoms with van der Waals surface area (Å²) < 4.78 is 31.6. The van der Waals surface area contributed by atoms with Gasteiger partial charge in [0.1, 0.15) is 10.6 Å². The van der Waals surface area contributed by atoms with Crippen LogP contribution < -0.4 is 10.1 Å². The van der Waals surface area contributed by atoms with Crippen LogP contribution >= 0.6 is 11.3 Å². The number of sulfone groups is 1. The number of carbonyl (C=O) groups excluding carboxylic acids is 1. The molecular weight excluding hydrogens is 394 g/mol. The minimum atomic E-state index is -3.72. The average Bonchev–Trinajstić information content (AvgIpc) is 3.12. The first-order valence-electron chi connectivity index (χ1n) is 8.77. The van der Waals surface area contributed by atoms with Gasteiger partial charge in [0.25, 0.3) is 0 Å². The van der Waals surface area contributed by atoms with Crippen molar-refractivity contribution in [2.45, 2.75) is 29.1 Å². The number of carbonyl (C=O) groups is 1. The first kappa shape index (κ1) is 18.7. The van der Waals surface area contributed by atoms with Crippen molar-refractivity contribution in [3.63, 3.8) is 0 Å². The number of benzene rings is 2. The molecule has 0 radical (unpaired) electrons. The number of hydrogen-bond acceptors (Lipinski definition) is 5. The van der Waals surface area contributed by atoms with Crippen LogP contribution in [0.4, 0.5) is 5.69 Å². The Morgan fingerprint density at radius 3 is 2.57 bits per heavy atom. The number of fused-ring (bicyclic) bond motifs is 1. The molecular formula is C21H19NO4S2. The number of ether oxygens (including phenoxy) is 1. The summed E-state index contributed by atoms with van der Waals surface area (Å²) >= 11 is 1.37. The largest absolute Gasteiger partial charge is 0.497 e. The van der Waals surface area contributed by atoms with Gasteiger partial charge in [-0.05, 0) is 42.3 Å². The molecule has 1 aromatic heterocycles. The van der Waals surface area contributed by atoms with E-state index in [1.165, 1.54) is 11.3 Å². The summed E-state index contributed by atoms with van der Waals surface area (Å²) in [5.74, 6) is 0.367. The molecule has 1 atom stereocenters. The normalized spacial score (nSPS) is 16.4. The Morgan fingerprint density at radius 2 is 1.89 bits per heavy atom. The van der Waals surface area contributed by atoms with E-state index >= 15 is 0 Å². The van der Waals surface area contributed by atoms with Gasteiger partial charge in [-0.15, -0.1) is 11.3 Å². The quantitative estimate of drug-likeness (QED) is 0.689. The molecule has 1 amide bonds. The van der Waals surface area contributed by atoms with Crippen LogP contribution in [0.2, 0.25) is 0 Å². The topological polar surface area (TPSA) is 72.5 Å². The smallest absolute Gasteiger partial charge is 0.225 e. The summed E-state index contributed by atoms with van der Waals surface area (Å²) in [6.45, 7) is 1.85. The van der Waals surface area contributed by atoms with Crippen molar-refractivity contribution in [2.75, 3.05) is 12.4 Å². The number of methoxy groups -OCH3 is 1. The molecule has 7 heteroatoms. The van der Waals surface area contributed by atoms with Crippen molar-refractivity contribution in [1.82, 2.24) is 0 Å². The molecule has 4 rings (SSSR count). The summed E-state index contributed by atoms with van der Waals surface area (Å²) in [5.41, 5.74) is 2.23. The molecule has 0 spiro atoms. The van der Waals surface area contributed by atoms with Crippen molar-refractivity contribution >= 4 is 32.8 Å². The van der Waals surface area contributed by atoms with E-state index in [9.17, 15) is 13.2 Å². The maximum Gasteiger partial charge on any atom is 0.225 e. The van der Waals surface area contributed by atoms with Gasteiger partial charge < -0.3 is 10.1 Å². The van der Waals surface area contributed by atoms with Gasteiger partial charge in [-0.1, -0.05) is 24.3 Å². The lowest BCUT2D eigenvalue weighted by atomic mass is 9.91. The van der Waals surface area contributed by atoms with Crippen LogP contribution in [0.5, 0.6) is 5.75 Å². The third kappa shape index (κ3) is 3.21. The van der Waals surface area contributed by atoms with Crippen molar-refractivity contribution in [3.05, 3.63) is 69.9 Å². The van der Waals surface area contributed by atoms with E-state index < -0.39 is 9.84 Å². The highest BCUT2D eigenvalue weighted by molar-refractivity contribution is 7.91. The van der Waals surface area contributed by atoms with Gasteiger partial charge in [-0.3, -0.25) is 4.79 Å². The Kier molecular flexibility index (Phi) is 4.72. The summed E-state index contributed by atoms with van der Waals surface area (Å²) in [6, 6.07) is 14.3. The molecule has 0 saturated heterocycles. The highest BCUT2D eigenvalue weighted by Crippen LogP contribution is 2.46. The van der Waals surface area contributed by atoms with E-state index in [0.717, 1.165) is 21.8 Å². The van der Waals surface area contributed by atoms with Crippen LogP contribution in [0.25, 0.3) is 0 Å². The molecule has 0 bridgehead atoms. The Morgan fingerprint density at radius 1 is 1.14 bits per heavy atom. The molecule has 0 saturated carbocycles. The summed E-state index contributed by atoms with van der Waals surface area (Å²) in [7, 11) is -2.12. The van der Waals surface area contributed by atoms with E-state index in [1.807, 2.05) is 37.3 Å². The first-order chi connectivity index (χ1) is 13.4. The van der Waals surface area contributed by atoms with Gasteiger partial charge in [0, 0.05) is 22.6 Å². The van der Waals surface area contributed by atoms with Gasteiger partial charge in [-0.25, -0.2) is 8.42 Å². The summed E-state index contributed by atoms with van der Waals surface area (Å²) in [5, 5.41) is 4.42. The number of hydrogen-bond donors (Lipinski definition) is 1.